The molecule has 0 radical (unpaired) electrons. The summed E-state index contributed by atoms with van der Waals surface area (Å²) >= 11 is 0. The average Bonchev–Trinajstić information content (AvgIpc) is 3.43. The summed E-state index contributed by atoms with van der Waals surface area (Å²) in [5.74, 6) is -0.986. The number of carbonyl (C=O) groups excluding carboxylic acids is 3. The molecule has 0 aromatic carbocycles. The van der Waals surface area contributed by atoms with Gasteiger partial charge in [0, 0.05) is 19.3 Å². The van der Waals surface area contributed by atoms with E-state index < -0.39 is 6.10 Å². The second-order valence-corrected chi connectivity index (χ2v) is 22.0. The van der Waals surface area contributed by atoms with Crippen LogP contribution in [-0.4, -0.2) is 37.2 Å². The van der Waals surface area contributed by atoms with Crippen molar-refractivity contribution >= 4 is 17.9 Å². The average molecular weight is 1070 g/mol. The standard InChI is InChI=1S/C71H124O6/c1-4-7-10-13-16-19-22-25-27-29-31-33-34-35-36-38-39-41-43-46-49-52-55-58-61-64-70(73)76-67-68(66-75-69(72)63-60-57-54-51-48-45-24-21-18-15-12-9-6-3)77-71(74)65-62-59-56-53-50-47-44-42-40-37-32-30-28-26-23-20-17-14-11-8-5-2/h9,12,18,21,23,26,30,32,40,42,45,48,54,57,68H,4-8,10-11,13-17,19-20,22,24-25,27-29,31,33-39,41,43-44,46-47,49-53,55-56,58-67H2,1-3H3/b12-9-,21-18-,26-23-,32-30-,42-40-,48-45-,57-54-. The van der Waals surface area contributed by atoms with Crippen LogP contribution >= 0.6 is 0 Å². The van der Waals surface area contributed by atoms with Gasteiger partial charge in [0.15, 0.2) is 6.10 Å². The van der Waals surface area contributed by atoms with E-state index in [1.807, 2.05) is 6.08 Å². The van der Waals surface area contributed by atoms with Crippen molar-refractivity contribution in [3.63, 3.8) is 0 Å². The van der Waals surface area contributed by atoms with Gasteiger partial charge in [-0.15, -0.1) is 0 Å². The highest BCUT2D eigenvalue weighted by Gasteiger charge is 2.19. The number of rotatable bonds is 60. The summed E-state index contributed by atoms with van der Waals surface area (Å²) in [7, 11) is 0. The summed E-state index contributed by atoms with van der Waals surface area (Å²) in [5, 5.41) is 0. The van der Waals surface area contributed by atoms with E-state index in [-0.39, 0.29) is 37.5 Å². The Labute approximate surface area is 477 Å². The maximum Gasteiger partial charge on any atom is 0.306 e. The van der Waals surface area contributed by atoms with Crippen molar-refractivity contribution in [2.75, 3.05) is 13.2 Å². The normalized spacial score (nSPS) is 12.6. The molecule has 0 aromatic rings. The SMILES string of the molecule is CC/C=C\C/C=C\C/C=C\C/C=C\CCC(=O)OCC(COC(=O)CCCCCCCCCCCCCCCCCCCCCCCCCCC)OC(=O)CCCCCCCC/C=C\C/C=C\C/C=C\CCCCCCC. The molecule has 0 saturated heterocycles. The first kappa shape index (κ1) is 73.6. The maximum absolute atomic E-state index is 12.9. The van der Waals surface area contributed by atoms with Crippen LogP contribution in [0.2, 0.25) is 0 Å². The first-order valence-corrected chi connectivity index (χ1v) is 33.1. The molecule has 77 heavy (non-hydrogen) atoms. The highest BCUT2D eigenvalue weighted by atomic mass is 16.6. The quantitative estimate of drug-likeness (QED) is 0.0261. The molecule has 0 amide bonds. The summed E-state index contributed by atoms with van der Waals surface area (Å²) in [6, 6.07) is 0. The zero-order chi connectivity index (χ0) is 55.7. The van der Waals surface area contributed by atoms with Gasteiger partial charge in [-0.05, 0) is 83.5 Å². The predicted molar refractivity (Wildman–Crippen MR) is 334 cm³/mol. The Bertz CT molecular complexity index is 1470. The van der Waals surface area contributed by atoms with E-state index >= 15 is 0 Å². The fourth-order valence-corrected chi connectivity index (χ4v) is 9.47. The fraction of sp³-hybridized carbons (Fsp3) is 0.761. The molecular weight excluding hydrogens is 949 g/mol. The third-order valence-corrected chi connectivity index (χ3v) is 14.4. The van der Waals surface area contributed by atoms with Gasteiger partial charge >= 0.3 is 17.9 Å². The topological polar surface area (TPSA) is 78.9 Å². The molecule has 0 aliphatic rings. The van der Waals surface area contributed by atoms with Gasteiger partial charge in [-0.1, -0.05) is 311 Å². The summed E-state index contributed by atoms with van der Waals surface area (Å²) < 4.78 is 16.9. The van der Waals surface area contributed by atoms with Gasteiger partial charge in [0.05, 0.1) is 0 Å². The lowest BCUT2D eigenvalue weighted by molar-refractivity contribution is -0.166. The number of hydrogen-bond acceptors (Lipinski definition) is 6. The first-order chi connectivity index (χ1) is 38.0. The van der Waals surface area contributed by atoms with Gasteiger partial charge in [0.1, 0.15) is 13.2 Å². The van der Waals surface area contributed by atoms with Crippen LogP contribution in [0.15, 0.2) is 85.1 Å². The lowest BCUT2D eigenvalue weighted by atomic mass is 10.0. The first-order valence-electron chi connectivity index (χ1n) is 33.1. The molecule has 6 heteroatoms. The molecule has 0 rings (SSSR count). The molecule has 1 atom stereocenters. The third kappa shape index (κ3) is 63.3. The van der Waals surface area contributed by atoms with Gasteiger partial charge in [0.25, 0.3) is 0 Å². The molecule has 0 aromatic heterocycles. The van der Waals surface area contributed by atoms with Crippen LogP contribution in [0.1, 0.15) is 329 Å². The van der Waals surface area contributed by atoms with Crippen molar-refractivity contribution in [3.8, 4) is 0 Å². The molecule has 6 nitrogen and oxygen atoms in total. The molecule has 0 heterocycles. The van der Waals surface area contributed by atoms with Gasteiger partial charge < -0.3 is 14.2 Å². The Hall–Kier alpha value is -3.41. The van der Waals surface area contributed by atoms with Gasteiger partial charge in [-0.3, -0.25) is 14.4 Å². The van der Waals surface area contributed by atoms with Crippen LogP contribution < -0.4 is 0 Å². The van der Waals surface area contributed by atoms with Crippen molar-refractivity contribution < 1.29 is 28.6 Å². The van der Waals surface area contributed by atoms with Crippen LogP contribution in [0.25, 0.3) is 0 Å². The molecule has 0 spiro atoms. The third-order valence-electron chi connectivity index (χ3n) is 14.4. The predicted octanol–water partition coefficient (Wildman–Crippen LogP) is 22.7. The Kier molecular flexibility index (Phi) is 62.2. The number of unbranched alkanes of at least 4 members (excludes halogenated alkanes) is 35. The van der Waals surface area contributed by atoms with Crippen molar-refractivity contribution in [1.82, 2.24) is 0 Å². The fourth-order valence-electron chi connectivity index (χ4n) is 9.47. The lowest BCUT2D eigenvalue weighted by Crippen LogP contribution is -2.30. The molecule has 444 valence electrons. The van der Waals surface area contributed by atoms with E-state index in [9.17, 15) is 14.4 Å². The van der Waals surface area contributed by atoms with Crippen molar-refractivity contribution in [1.29, 1.82) is 0 Å². The summed E-state index contributed by atoms with van der Waals surface area (Å²) in [4.78, 5) is 38.3. The molecule has 0 aliphatic heterocycles. The minimum absolute atomic E-state index is 0.102. The van der Waals surface area contributed by atoms with Gasteiger partial charge in [-0.2, -0.15) is 0 Å². The Morgan fingerprint density at radius 1 is 0.273 bits per heavy atom. The molecular formula is C71H124O6. The van der Waals surface area contributed by atoms with E-state index in [2.05, 4.69) is 99.8 Å². The largest absolute Gasteiger partial charge is 0.462 e. The summed E-state index contributed by atoms with van der Waals surface area (Å²) in [5.41, 5.74) is 0. The maximum atomic E-state index is 12.9. The second kappa shape index (κ2) is 65.1. The van der Waals surface area contributed by atoms with Gasteiger partial charge in [0.2, 0.25) is 0 Å². The van der Waals surface area contributed by atoms with Gasteiger partial charge in [-0.25, -0.2) is 0 Å². The summed E-state index contributed by atoms with van der Waals surface area (Å²) in [6.07, 6.45) is 86.2. The number of hydrogen-bond donors (Lipinski definition) is 0. The molecule has 0 fully saturated rings. The highest BCUT2D eigenvalue weighted by molar-refractivity contribution is 5.71. The number of allylic oxidation sites excluding steroid dienone is 14. The smallest absolute Gasteiger partial charge is 0.306 e. The Morgan fingerprint density at radius 3 is 0.870 bits per heavy atom. The minimum atomic E-state index is -0.813. The van der Waals surface area contributed by atoms with E-state index in [1.54, 1.807) is 0 Å². The Balaban J connectivity index is 4.33. The van der Waals surface area contributed by atoms with E-state index in [4.69, 9.17) is 14.2 Å². The second-order valence-electron chi connectivity index (χ2n) is 22.0. The monoisotopic (exact) mass is 1070 g/mol. The molecule has 0 bridgehead atoms. The van der Waals surface area contributed by atoms with Crippen LogP contribution in [-0.2, 0) is 28.6 Å². The number of carbonyl (C=O) groups is 3. The van der Waals surface area contributed by atoms with Crippen LogP contribution in [0, 0.1) is 0 Å². The molecule has 0 aliphatic carbocycles. The zero-order valence-corrected chi connectivity index (χ0v) is 51.0. The van der Waals surface area contributed by atoms with Crippen molar-refractivity contribution in [2.45, 2.75) is 335 Å². The lowest BCUT2D eigenvalue weighted by Gasteiger charge is -2.18. The highest BCUT2D eigenvalue weighted by Crippen LogP contribution is 2.17. The van der Waals surface area contributed by atoms with E-state index in [0.29, 0.717) is 19.3 Å². The zero-order valence-electron chi connectivity index (χ0n) is 51.0. The number of ether oxygens (including phenoxy) is 3. The van der Waals surface area contributed by atoms with Crippen LogP contribution in [0.5, 0.6) is 0 Å². The Morgan fingerprint density at radius 2 is 0.532 bits per heavy atom. The molecule has 0 N–H and O–H groups in total. The molecule has 0 saturated carbocycles. The van der Waals surface area contributed by atoms with E-state index in [0.717, 1.165) is 89.9 Å². The number of esters is 3. The van der Waals surface area contributed by atoms with Crippen LogP contribution in [0.4, 0.5) is 0 Å². The summed E-state index contributed by atoms with van der Waals surface area (Å²) in [6.45, 7) is 6.48. The van der Waals surface area contributed by atoms with Crippen molar-refractivity contribution in [2.24, 2.45) is 0 Å². The minimum Gasteiger partial charge on any atom is -0.462 e. The molecule has 1 unspecified atom stereocenters. The van der Waals surface area contributed by atoms with Crippen molar-refractivity contribution in [3.05, 3.63) is 85.1 Å². The van der Waals surface area contributed by atoms with Crippen LogP contribution in [0.3, 0.4) is 0 Å². The van der Waals surface area contributed by atoms with E-state index in [1.165, 1.54) is 193 Å².